The van der Waals surface area contributed by atoms with E-state index in [1.54, 1.807) is 0 Å². The van der Waals surface area contributed by atoms with Crippen LogP contribution in [0.25, 0.3) is 0 Å². The topological polar surface area (TPSA) is 18.5 Å². The smallest absolute Gasteiger partial charge is 0.0873 e. The number of unbranched alkanes of at least 4 members (excludes halogenated alkanes) is 6. The third-order valence-electron chi connectivity index (χ3n) is 2.47. The van der Waals surface area contributed by atoms with Gasteiger partial charge in [0, 0.05) is 0 Å². The quantitative estimate of drug-likeness (QED) is 0.341. The first-order valence-corrected chi connectivity index (χ1v) is 7.28. The first-order valence-electron chi connectivity index (χ1n) is 7.28. The fraction of sp³-hybridized carbons (Fsp3) is 0.750. The second kappa shape index (κ2) is 21.4. The lowest BCUT2D eigenvalue weighted by Crippen LogP contribution is -1.87. The Morgan fingerprint density at radius 2 is 1.11 bits per heavy atom. The van der Waals surface area contributed by atoms with E-state index in [2.05, 4.69) is 27.0 Å². The van der Waals surface area contributed by atoms with Gasteiger partial charge in [0.15, 0.2) is 0 Å². The van der Waals surface area contributed by atoms with Gasteiger partial charge in [0.05, 0.1) is 25.7 Å². The molecule has 108 valence electrons. The molecule has 0 aliphatic rings. The van der Waals surface area contributed by atoms with Gasteiger partial charge in [-0.3, -0.25) is 0 Å². The van der Waals surface area contributed by atoms with Crippen LogP contribution >= 0.6 is 0 Å². The highest BCUT2D eigenvalue weighted by molar-refractivity contribution is 4.49. The van der Waals surface area contributed by atoms with Crippen LogP contribution in [0.4, 0.5) is 0 Å². The van der Waals surface area contributed by atoms with Crippen LogP contribution < -0.4 is 0 Å². The van der Waals surface area contributed by atoms with Gasteiger partial charge in [0.1, 0.15) is 0 Å². The van der Waals surface area contributed by atoms with Crippen LogP contribution in [0.5, 0.6) is 0 Å². The van der Waals surface area contributed by atoms with E-state index >= 15 is 0 Å². The van der Waals surface area contributed by atoms with Gasteiger partial charge in [-0.1, -0.05) is 65.5 Å². The van der Waals surface area contributed by atoms with Crippen molar-refractivity contribution >= 4 is 0 Å². The molecule has 0 aromatic rings. The fourth-order valence-electron chi connectivity index (χ4n) is 1.36. The van der Waals surface area contributed by atoms with Crippen LogP contribution in [0.15, 0.2) is 25.7 Å². The first-order chi connectivity index (χ1) is 8.83. The highest BCUT2D eigenvalue weighted by atomic mass is 16.5. The summed E-state index contributed by atoms with van der Waals surface area (Å²) in [6.45, 7) is 12.9. The lowest BCUT2D eigenvalue weighted by molar-refractivity contribution is 0.241. The van der Waals surface area contributed by atoms with Crippen molar-refractivity contribution in [1.82, 2.24) is 0 Å². The molecule has 0 fully saturated rings. The molecule has 2 nitrogen and oxygen atoms in total. The van der Waals surface area contributed by atoms with E-state index in [9.17, 15) is 0 Å². The van der Waals surface area contributed by atoms with Crippen molar-refractivity contribution in [2.45, 2.75) is 65.2 Å². The number of hydrogen-bond donors (Lipinski definition) is 0. The summed E-state index contributed by atoms with van der Waals surface area (Å²) in [6, 6.07) is 0. The second-order valence-corrected chi connectivity index (χ2v) is 4.20. The molecule has 0 N–H and O–H groups in total. The first kappa shape index (κ1) is 19.4. The molecule has 0 amide bonds. The maximum Gasteiger partial charge on any atom is 0.0873 e. The molecule has 0 aromatic carbocycles. The Hall–Kier alpha value is -0.920. The third kappa shape index (κ3) is 24.4. The summed E-state index contributed by atoms with van der Waals surface area (Å²) in [5, 5.41) is 0. The molecular formula is C16H32O2. The molecular weight excluding hydrogens is 224 g/mol. The Bertz CT molecular complexity index is 155. The van der Waals surface area contributed by atoms with Crippen LogP contribution in [0.1, 0.15) is 65.2 Å². The minimum Gasteiger partial charge on any atom is -0.502 e. The molecule has 0 bridgehead atoms. The SMILES string of the molecule is C=COCCCC.C=COCCCCCCCC. The van der Waals surface area contributed by atoms with Crippen molar-refractivity contribution in [2.75, 3.05) is 13.2 Å². The van der Waals surface area contributed by atoms with Gasteiger partial charge in [-0.15, -0.1) is 0 Å². The van der Waals surface area contributed by atoms with Crippen LogP contribution in [0, 0.1) is 0 Å². The summed E-state index contributed by atoms with van der Waals surface area (Å²) in [5.74, 6) is 0. The molecule has 0 saturated carbocycles. The fourth-order valence-corrected chi connectivity index (χ4v) is 1.36. The summed E-state index contributed by atoms with van der Waals surface area (Å²) in [6.07, 6.45) is 13.2. The average Bonchev–Trinajstić information content (AvgIpc) is 2.39. The number of hydrogen-bond acceptors (Lipinski definition) is 2. The Morgan fingerprint density at radius 3 is 1.61 bits per heavy atom. The highest BCUT2D eigenvalue weighted by Crippen LogP contribution is 2.04. The Kier molecular flexibility index (Phi) is 23.1. The second-order valence-electron chi connectivity index (χ2n) is 4.20. The molecule has 0 atom stereocenters. The van der Waals surface area contributed by atoms with Crippen LogP contribution in [0.3, 0.4) is 0 Å². The molecule has 0 saturated heterocycles. The molecule has 0 spiro atoms. The summed E-state index contributed by atoms with van der Waals surface area (Å²) >= 11 is 0. The number of ether oxygens (including phenoxy) is 2. The maximum absolute atomic E-state index is 5.00. The average molecular weight is 256 g/mol. The van der Waals surface area contributed by atoms with Gasteiger partial charge in [-0.25, -0.2) is 0 Å². The van der Waals surface area contributed by atoms with E-state index in [0.29, 0.717) is 0 Å². The van der Waals surface area contributed by atoms with Gasteiger partial charge >= 0.3 is 0 Å². The van der Waals surface area contributed by atoms with Gasteiger partial charge in [0.25, 0.3) is 0 Å². The molecule has 0 aliphatic carbocycles. The van der Waals surface area contributed by atoms with Crippen LogP contribution in [-0.4, -0.2) is 13.2 Å². The van der Waals surface area contributed by atoms with E-state index < -0.39 is 0 Å². The summed E-state index contributed by atoms with van der Waals surface area (Å²) in [4.78, 5) is 0. The zero-order valence-electron chi connectivity index (χ0n) is 12.5. The third-order valence-corrected chi connectivity index (χ3v) is 2.47. The summed E-state index contributed by atoms with van der Waals surface area (Å²) < 4.78 is 9.84. The van der Waals surface area contributed by atoms with Crippen molar-refractivity contribution in [3.8, 4) is 0 Å². The minimum atomic E-state index is 0.819. The standard InChI is InChI=1S/C10H20O.C6H12O/c1-3-5-6-7-8-9-10-11-4-2;1-3-5-6-7-4-2/h4H,2-3,5-10H2,1H3;4H,2-3,5-6H2,1H3. The molecule has 0 heterocycles. The molecule has 0 aliphatic heterocycles. The molecule has 18 heavy (non-hydrogen) atoms. The molecule has 2 heteroatoms. The summed E-state index contributed by atoms with van der Waals surface area (Å²) in [7, 11) is 0. The van der Waals surface area contributed by atoms with E-state index in [-0.39, 0.29) is 0 Å². The van der Waals surface area contributed by atoms with Crippen molar-refractivity contribution in [3.05, 3.63) is 25.7 Å². The molecule has 0 aromatic heterocycles. The number of rotatable bonds is 12. The lowest BCUT2D eigenvalue weighted by atomic mass is 10.1. The highest BCUT2D eigenvalue weighted by Gasteiger charge is 1.88. The molecule has 0 unspecified atom stereocenters. The van der Waals surface area contributed by atoms with E-state index in [1.165, 1.54) is 57.5 Å². The maximum atomic E-state index is 5.00. The van der Waals surface area contributed by atoms with E-state index in [0.717, 1.165) is 19.6 Å². The molecule has 0 radical (unpaired) electrons. The van der Waals surface area contributed by atoms with Crippen LogP contribution in [0.2, 0.25) is 0 Å². The van der Waals surface area contributed by atoms with Gasteiger partial charge in [0.2, 0.25) is 0 Å². The van der Waals surface area contributed by atoms with Gasteiger partial charge in [-0.2, -0.15) is 0 Å². The minimum absolute atomic E-state index is 0.819. The zero-order chi connectivity index (χ0) is 13.9. The summed E-state index contributed by atoms with van der Waals surface area (Å²) in [5.41, 5.74) is 0. The van der Waals surface area contributed by atoms with E-state index in [4.69, 9.17) is 9.47 Å². The van der Waals surface area contributed by atoms with Crippen molar-refractivity contribution < 1.29 is 9.47 Å². The Balaban J connectivity index is 0. The normalized spacial score (nSPS) is 9.00. The largest absolute Gasteiger partial charge is 0.502 e. The lowest BCUT2D eigenvalue weighted by Gasteiger charge is -1.99. The Labute approximate surface area is 114 Å². The van der Waals surface area contributed by atoms with Gasteiger partial charge in [-0.05, 0) is 12.8 Å². The van der Waals surface area contributed by atoms with E-state index in [1.807, 2.05) is 0 Å². The van der Waals surface area contributed by atoms with Gasteiger partial charge < -0.3 is 9.47 Å². The predicted octanol–water partition coefficient (Wildman–Crippen LogP) is 5.45. The molecule has 0 rings (SSSR count). The zero-order valence-corrected chi connectivity index (χ0v) is 12.5. The van der Waals surface area contributed by atoms with Crippen LogP contribution in [-0.2, 0) is 9.47 Å². The van der Waals surface area contributed by atoms with Crippen molar-refractivity contribution in [2.24, 2.45) is 0 Å². The predicted molar refractivity (Wildman–Crippen MR) is 80.6 cm³/mol. The Morgan fingerprint density at radius 1 is 0.667 bits per heavy atom. The van der Waals surface area contributed by atoms with Crippen molar-refractivity contribution in [3.63, 3.8) is 0 Å². The van der Waals surface area contributed by atoms with Crippen molar-refractivity contribution in [1.29, 1.82) is 0 Å². The monoisotopic (exact) mass is 256 g/mol.